The largest absolute Gasteiger partial charge is 1.00 e. The second-order valence-corrected chi connectivity index (χ2v) is 6.68. The Hall–Kier alpha value is 0.580. The summed E-state index contributed by atoms with van der Waals surface area (Å²) >= 11 is -1.73. The molecule has 0 aliphatic heterocycles. The number of carbonyl (C=O) groups is 1. The van der Waals surface area contributed by atoms with Crippen LogP contribution in [0.4, 0.5) is 0 Å². The quantitative estimate of drug-likeness (QED) is 0.385. The van der Waals surface area contributed by atoms with E-state index in [1.165, 1.54) is 0 Å². The van der Waals surface area contributed by atoms with E-state index in [2.05, 4.69) is 0 Å². The van der Waals surface area contributed by atoms with E-state index in [9.17, 15) is 18.7 Å². The Bertz CT molecular complexity index is 365. The Morgan fingerprint density at radius 3 is 1.80 bits per heavy atom. The Kier molecular flexibility index (Phi) is 1.29. The van der Waals surface area contributed by atoms with E-state index in [1.807, 2.05) is 0 Å². The van der Waals surface area contributed by atoms with Crippen molar-refractivity contribution < 1.29 is 48.2 Å². The molecule has 0 bridgehead atoms. The molecule has 6 heteroatoms. The third kappa shape index (κ3) is 0.438. The van der Waals surface area contributed by atoms with Gasteiger partial charge >= 0.3 is 29.6 Å². The molecule has 15 heavy (non-hydrogen) atoms. The predicted octanol–water partition coefficient (Wildman–Crippen LogP) is -4.55. The number of carbonyl (C=O) groups excluding carboxylic acids is 1. The molecule has 0 spiro atoms. The van der Waals surface area contributed by atoms with E-state index >= 15 is 0 Å². The van der Waals surface area contributed by atoms with E-state index in [0.717, 1.165) is 0 Å². The third-order valence-corrected chi connectivity index (χ3v) is 7.62. The zero-order valence-corrected chi connectivity index (χ0v) is 10.9. The van der Waals surface area contributed by atoms with E-state index in [1.54, 1.807) is 0 Å². The first-order valence-corrected chi connectivity index (χ1v) is 6.05. The molecule has 1 unspecified atom stereocenters. The molecule has 1 atom stereocenters. The number of hydrogen-bond donors (Lipinski definition) is 1. The smallest absolute Gasteiger partial charge is 0.550 e. The first kappa shape index (κ1) is 9.59. The molecule has 6 rings (SSSR count). The first-order chi connectivity index (χ1) is 6.62. The second kappa shape index (κ2) is 2.01. The maximum atomic E-state index is 11.2. The molecule has 6 saturated carbocycles. The van der Waals surface area contributed by atoms with Crippen molar-refractivity contribution in [3.8, 4) is 0 Å². The zero-order chi connectivity index (χ0) is 9.62. The SMILES string of the molecule is O=C([O-])C12C3C4C1C1C2C3C41S(=O)O.[Na+]. The van der Waals surface area contributed by atoms with Crippen LogP contribution < -0.4 is 34.7 Å². The van der Waals surface area contributed by atoms with Gasteiger partial charge in [0.15, 0.2) is 11.1 Å². The molecule has 0 amide bonds. The molecular formula is C9H7NaO4S. The van der Waals surface area contributed by atoms with Gasteiger partial charge in [0, 0.05) is 11.4 Å². The van der Waals surface area contributed by atoms with Gasteiger partial charge in [-0.2, -0.15) is 0 Å². The average Bonchev–Trinajstić information content (AvgIpc) is 2.16. The van der Waals surface area contributed by atoms with Crippen LogP contribution in [0.2, 0.25) is 0 Å². The average molecular weight is 234 g/mol. The van der Waals surface area contributed by atoms with Gasteiger partial charge in [0.05, 0.1) is 4.75 Å². The number of hydrogen-bond acceptors (Lipinski definition) is 3. The van der Waals surface area contributed by atoms with Crippen LogP contribution in [0, 0.1) is 40.9 Å². The van der Waals surface area contributed by atoms with E-state index in [-0.39, 0.29) is 69.8 Å². The molecule has 6 aliphatic rings. The van der Waals surface area contributed by atoms with Crippen molar-refractivity contribution in [3.63, 3.8) is 0 Å². The van der Waals surface area contributed by atoms with Crippen molar-refractivity contribution in [1.29, 1.82) is 0 Å². The van der Waals surface area contributed by atoms with Gasteiger partial charge in [-0.3, -0.25) is 0 Å². The summed E-state index contributed by atoms with van der Waals surface area (Å²) in [6, 6.07) is 0. The van der Waals surface area contributed by atoms with Crippen molar-refractivity contribution in [3.05, 3.63) is 0 Å². The molecular weight excluding hydrogens is 227 g/mol. The van der Waals surface area contributed by atoms with Crippen molar-refractivity contribution in [2.24, 2.45) is 40.9 Å². The molecule has 0 aromatic heterocycles. The topological polar surface area (TPSA) is 77.4 Å². The van der Waals surface area contributed by atoms with Crippen LogP contribution in [0.5, 0.6) is 0 Å². The normalized spacial score (nSPS) is 74.2. The van der Waals surface area contributed by atoms with Gasteiger partial charge in [-0.1, -0.05) is 0 Å². The standard InChI is InChI=1S/C9H8O4S.Na/c10-7(11)8-1-4-2(8)6-3(8)5(1)9(4,6)14(12)13;/h1-6H,(H,10,11)(H,12,13);/q;+1/p-1. The van der Waals surface area contributed by atoms with E-state index in [4.69, 9.17) is 0 Å². The van der Waals surface area contributed by atoms with Gasteiger partial charge in [-0.25, -0.2) is 4.21 Å². The van der Waals surface area contributed by atoms with Gasteiger partial charge in [0.25, 0.3) is 0 Å². The maximum Gasteiger partial charge on any atom is 1.00 e. The summed E-state index contributed by atoms with van der Waals surface area (Å²) < 4.78 is 20.1. The van der Waals surface area contributed by atoms with Gasteiger partial charge in [-0.05, 0) is 35.5 Å². The van der Waals surface area contributed by atoms with Crippen LogP contribution >= 0.6 is 0 Å². The van der Waals surface area contributed by atoms with Crippen LogP contribution in [0.25, 0.3) is 0 Å². The third-order valence-electron chi connectivity index (χ3n) is 6.20. The molecule has 6 aliphatic carbocycles. The van der Waals surface area contributed by atoms with Gasteiger partial charge < -0.3 is 14.5 Å². The summed E-state index contributed by atoms with van der Waals surface area (Å²) in [7, 11) is 0. The number of rotatable bonds is 2. The van der Waals surface area contributed by atoms with Crippen LogP contribution in [-0.4, -0.2) is 19.5 Å². The Balaban J connectivity index is 0.000000648. The fourth-order valence-electron chi connectivity index (χ4n) is 6.19. The fourth-order valence-corrected chi connectivity index (χ4v) is 7.76. The summed E-state index contributed by atoms with van der Waals surface area (Å²) in [5.74, 6) is 0.512. The summed E-state index contributed by atoms with van der Waals surface area (Å²) in [5, 5.41) is 11.0. The Morgan fingerprint density at radius 2 is 1.53 bits per heavy atom. The molecule has 0 aromatic rings. The summed E-state index contributed by atoms with van der Waals surface area (Å²) in [6.07, 6.45) is 0. The Labute approximate surface area is 110 Å². The minimum absolute atomic E-state index is 0. The molecule has 0 aromatic carbocycles. The fraction of sp³-hybridized carbons (Fsp3) is 0.889. The van der Waals surface area contributed by atoms with Crippen LogP contribution in [0.15, 0.2) is 0 Å². The van der Waals surface area contributed by atoms with E-state index in [0.29, 0.717) is 0 Å². The minimum atomic E-state index is -1.73. The van der Waals surface area contributed by atoms with Gasteiger partial charge in [-0.15, -0.1) is 0 Å². The second-order valence-electron chi connectivity index (χ2n) is 5.48. The molecule has 74 valence electrons. The zero-order valence-electron chi connectivity index (χ0n) is 8.04. The first-order valence-electron chi connectivity index (χ1n) is 4.94. The van der Waals surface area contributed by atoms with Crippen LogP contribution in [0.1, 0.15) is 0 Å². The van der Waals surface area contributed by atoms with Crippen molar-refractivity contribution in [1.82, 2.24) is 0 Å². The summed E-state index contributed by atoms with van der Waals surface area (Å²) in [6.45, 7) is 0. The molecule has 0 saturated heterocycles. The minimum Gasteiger partial charge on any atom is -0.550 e. The van der Waals surface area contributed by atoms with Crippen molar-refractivity contribution in [2.45, 2.75) is 4.75 Å². The van der Waals surface area contributed by atoms with Crippen LogP contribution in [-0.2, 0) is 15.9 Å². The molecule has 0 radical (unpaired) electrons. The van der Waals surface area contributed by atoms with Gasteiger partial charge in [0.1, 0.15) is 0 Å². The Morgan fingerprint density at radius 1 is 1.13 bits per heavy atom. The molecule has 6 fully saturated rings. The molecule has 4 nitrogen and oxygen atoms in total. The molecule has 1 N–H and O–H groups in total. The van der Waals surface area contributed by atoms with Crippen molar-refractivity contribution >= 4 is 17.0 Å². The number of aliphatic carboxylic acids is 1. The van der Waals surface area contributed by atoms with E-state index < -0.39 is 22.5 Å². The van der Waals surface area contributed by atoms with Crippen molar-refractivity contribution in [2.75, 3.05) is 0 Å². The summed E-state index contributed by atoms with van der Waals surface area (Å²) in [4.78, 5) is 11.0. The summed E-state index contributed by atoms with van der Waals surface area (Å²) in [5.41, 5.74) is -0.513. The predicted molar refractivity (Wildman–Crippen MR) is 41.9 cm³/mol. The van der Waals surface area contributed by atoms with Crippen LogP contribution in [0.3, 0.4) is 0 Å². The number of carboxylic acids is 1. The monoisotopic (exact) mass is 234 g/mol. The van der Waals surface area contributed by atoms with Gasteiger partial charge in [0.2, 0.25) is 0 Å². The molecule has 0 heterocycles. The maximum absolute atomic E-state index is 11.2. The number of carboxylic acid groups (broad SMARTS) is 1.